The van der Waals surface area contributed by atoms with E-state index in [1.54, 1.807) is 6.92 Å². The summed E-state index contributed by atoms with van der Waals surface area (Å²) in [6.45, 7) is 3.82. The highest BCUT2D eigenvalue weighted by Crippen LogP contribution is 2.40. The molecule has 0 unspecified atom stereocenters. The Bertz CT molecular complexity index is 179. The summed E-state index contributed by atoms with van der Waals surface area (Å²) >= 11 is 0. The van der Waals surface area contributed by atoms with Gasteiger partial charge in [0.15, 0.2) is 0 Å². The highest BCUT2D eigenvalue weighted by atomic mass is 16.3. The SMILES string of the molecule is CCCC1(C(C)=O)CCC(O)CC1. The van der Waals surface area contributed by atoms with Crippen LogP contribution in [0.5, 0.6) is 0 Å². The lowest BCUT2D eigenvalue weighted by atomic mass is 9.68. The zero-order chi connectivity index (χ0) is 9.90. The Balaban J connectivity index is 2.63. The summed E-state index contributed by atoms with van der Waals surface area (Å²) in [4.78, 5) is 11.5. The second-order valence-corrected chi connectivity index (χ2v) is 4.32. The molecule has 1 fully saturated rings. The maximum atomic E-state index is 11.5. The molecule has 0 aromatic carbocycles. The molecule has 0 heterocycles. The number of ketones is 1. The molecule has 2 heteroatoms. The highest BCUT2D eigenvalue weighted by molar-refractivity contribution is 5.82. The van der Waals surface area contributed by atoms with Gasteiger partial charge >= 0.3 is 0 Å². The number of hydrogen-bond acceptors (Lipinski definition) is 2. The van der Waals surface area contributed by atoms with Crippen molar-refractivity contribution in [2.45, 2.75) is 58.5 Å². The summed E-state index contributed by atoms with van der Waals surface area (Å²) in [5.41, 5.74) is -0.0893. The molecule has 0 aliphatic heterocycles. The first-order valence-corrected chi connectivity index (χ1v) is 5.30. The summed E-state index contributed by atoms with van der Waals surface area (Å²) in [6.07, 6.45) is 5.28. The van der Waals surface area contributed by atoms with Crippen molar-refractivity contribution < 1.29 is 9.90 Å². The first kappa shape index (κ1) is 10.7. The molecule has 0 saturated heterocycles. The van der Waals surface area contributed by atoms with Crippen molar-refractivity contribution in [2.24, 2.45) is 5.41 Å². The minimum absolute atomic E-state index is 0.0893. The van der Waals surface area contributed by atoms with Crippen LogP contribution in [0.25, 0.3) is 0 Å². The first-order valence-electron chi connectivity index (χ1n) is 5.30. The van der Waals surface area contributed by atoms with Crippen LogP contribution in [0.4, 0.5) is 0 Å². The topological polar surface area (TPSA) is 37.3 Å². The van der Waals surface area contributed by atoms with Crippen LogP contribution in [0, 0.1) is 5.41 Å². The van der Waals surface area contributed by atoms with Crippen LogP contribution in [0.15, 0.2) is 0 Å². The average Bonchev–Trinajstić information content (AvgIpc) is 2.09. The predicted molar refractivity (Wildman–Crippen MR) is 52.5 cm³/mol. The zero-order valence-electron chi connectivity index (χ0n) is 8.68. The minimum Gasteiger partial charge on any atom is -0.393 e. The monoisotopic (exact) mass is 184 g/mol. The molecule has 1 aliphatic carbocycles. The van der Waals surface area contributed by atoms with Crippen LogP contribution in [0.2, 0.25) is 0 Å². The molecule has 0 bridgehead atoms. The molecule has 76 valence electrons. The molecule has 1 saturated carbocycles. The Kier molecular flexibility index (Phi) is 3.48. The van der Waals surface area contributed by atoms with E-state index in [9.17, 15) is 9.90 Å². The summed E-state index contributed by atoms with van der Waals surface area (Å²) in [6, 6.07) is 0. The standard InChI is InChI=1S/C11H20O2/c1-3-6-11(9(2)12)7-4-10(13)5-8-11/h10,13H,3-8H2,1-2H3. The van der Waals surface area contributed by atoms with Gasteiger partial charge in [-0.3, -0.25) is 4.79 Å². The number of carbonyl (C=O) groups is 1. The van der Waals surface area contributed by atoms with E-state index in [1.165, 1.54) is 0 Å². The number of aliphatic hydroxyl groups is 1. The Morgan fingerprint density at radius 2 is 2.00 bits per heavy atom. The molecule has 13 heavy (non-hydrogen) atoms. The van der Waals surface area contributed by atoms with E-state index in [4.69, 9.17) is 0 Å². The summed E-state index contributed by atoms with van der Waals surface area (Å²) < 4.78 is 0. The number of Topliss-reactive ketones (excluding diaryl/α,β-unsaturated/α-hetero) is 1. The molecule has 0 spiro atoms. The fourth-order valence-electron chi connectivity index (χ4n) is 2.41. The van der Waals surface area contributed by atoms with Crippen LogP contribution in [0.3, 0.4) is 0 Å². The second kappa shape index (κ2) is 4.23. The van der Waals surface area contributed by atoms with Crippen LogP contribution in [-0.2, 0) is 4.79 Å². The van der Waals surface area contributed by atoms with Gasteiger partial charge in [-0.1, -0.05) is 13.3 Å². The Hall–Kier alpha value is -0.370. The van der Waals surface area contributed by atoms with Crippen molar-refractivity contribution in [3.63, 3.8) is 0 Å². The van der Waals surface area contributed by atoms with Crippen LogP contribution in [0.1, 0.15) is 52.4 Å². The van der Waals surface area contributed by atoms with E-state index >= 15 is 0 Å². The van der Waals surface area contributed by atoms with E-state index in [0.717, 1.165) is 38.5 Å². The molecular weight excluding hydrogens is 164 g/mol. The summed E-state index contributed by atoms with van der Waals surface area (Å²) in [7, 11) is 0. The number of rotatable bonds is 3. The van der Waals surface area contributed by atoms with Crippen molar-refractivity contribution in [2.75, 3.05) is 0 Å². The first-order chi connectivity index (χ1) is 6.10. The third kappa shape index (κ3) is 2.31. The molecule has 0 aromatic rings. The minimum atomic E-state index is -0.163. The lowest BCUT2D eigenvalue weighted by Gasteiger charge is -2.36. The van der Waals surface area contributed by atoms with Crippen molar-refractivity contribution in [1.29, 1.82) is 0 Å². The third-order valence-electron chi connectivity index (χ3n) is 3.39. The number of aliphatic hydroxyl groups excluding tert-OH is 1. The van der Waals surface area contributed by atoms with E-state index in [-0.39, 0.29) is 11.5 Å². The molecule has 0 aromatic heterocycles. The number of hydrogen-bond donors (Lipinski definition) is 1. The molecule has 1 aliphatic rings. The van der Waals surface area contributed by atoms with Crippen molar-refractivity contribution in [1.82, 2.24) is 0 Å². The summed E-state index contributed by atoms with van der Waals surface area (Å²) in [5.74, 6) is 0.321. The Morgan fingerprint density at radius 3 is 2.38 bits per heavy atom. The van der Waals surface area contributed by atoms with Gasteiger partial charge in [0.1, 0.15) is 5.78 Å². The van der Waals surface area contributed by atoms with Crippen molar-refractivity contribution in [3.8, 4) is 0 Å². The van der Waals surface area contributed by atoms with Crippen molar-refractivity contribution in [3.05, 3.63) is 0 Å². The van der Waals surface area contributed by atoms with E-state index in [1.807, 2.05) is 0 Å². The van der Waals surface area contributed by atoms with Gasteiger partial charge in [-0.05, 0) is 39.0 Å². The third-order valence-corrected chi connectivity index (χ3v) is 3.39. The largest absolute Gasteiger partial charge is 0.393 e. The molecule has 0 amide bonds. The highest BCUT2D eigenvalue weighted by Gasteiger charge is 2.37. The van der Waals surface area contributed by atoms with Gasteiger partial charge in [0.25, 0.3) is 0 Å². The molecule has 2 nitrogen and oxygen atoms in total. The molecule has 1 N–H and O–H groups in total. The van der Waals surface area contributed by atoms with E-state index < -0.39 is 0 Å². The fourth-order valence-corrected chi connectivity index (χ4v) is 2.41. The molecular formula is C11H20O2. The molecule has 1 rings (SSSR count). The Morgan fingerprint density at radius 1 is 1.46 bits per heavy atom. The van der Waals surface area contributed by atoms with E-state index in [0.29, 0.717) is 5.78 Å². The smallest absolute Gasteiger partial charge is 0.135 e. The number of carbonyl (C=O) groups excluding carboxylic acids is 1. The van der Waals surface area contributed by atoms with Crippen LogP contribution in [-0.4, -0.2) is 17.0 Å². The fraction of sp³-hybridized carbons (Fsp3) is 0.909. The normalized spacial score (nSPS) is 34.5. The Labute approximate surface area is 80.3 Å². The van der Waals surface area contributed by atoms with Gasteiger partial charge in [-0.25, -0.2) is 0 Å². The lowest BCUT2D eigenvalue weighted by Crippen LogP contribution is -2.35. The van der Waals surface area contributed by atoms with Gasteiger partial charge in [0.05, 0.1) is 6.10 Å². The predicted octanol–water partition coefficient (Wildman–Crippen LogP) is 2.30. The lowest BCUT2D eigenvalue weighted by molar-refractivity contribution is -0.130. The molecule has 0 atom stereocenters. The van der Waals surface area contributed by atoms with Gasteiger partial charge in [0.2, 0.25) is 0 Å². The van der Waals surface area contributed by atoms with Gasteiger partial charge in [0, 0.05) is 5.41 Å². The maximum Gasteiger partial charge on any atom is 0.135 e. The quantitative estimate of drug-likeness (QED) is 0.730. The van der Waals surface area contributed by atoms with Crippen molar-refractivity contribution >= 4 is 5.78 Å². The van der Waals surface area contributed by atoms with Gasteiger partial charge in [-0.2, -0.15) is 0 Å². The molecule has 0 radical (unpaired) electrons. The van der Waals surface area contributed by atoms with Gasteiger partial charge < -0.3 is 5.11 Å². The summed E-state index contributed by atoms with van der Waals surface area (Å²) in [5, 5.41) is 9.38. The van der Waals surface area contributed by atoms with Gasteiger partial charge in [-0.15, -0.1) is 0 Å². The maximum absolute atomic E-state index is 11.5. The van der Waals surface area contributed by atoms with Crippen LogP contribution < -0.4 is 0 Å². The van der Waals surface area contributed by atoms with E-state index in [2.05, 4.69) is 6.92 Å². The second-order valence-electron chi connectivity index (χ2n) is 4.32. The average molecular weight is 184 g/mol. The zero-order valence-corrected chi connectivity index (χ0v) is 8.68. The van der Waals surface area contributed by atoms with Crippen LogP contribution >= 0.6 is 0 Å².